The van der Waals surface area contributed by atoms with Crippen molar-refractivity contribution in [2.45, 2.75) is 38.7 Å². The minimum Gasteiger partial charge on any atom is -0.478 e. The number of benzene rings is 1. The summed E-state index contributed by atoms with van der Waals surface area (Å²) in [5.41, 5.74) is 1.40. The van der Waals surface area contributed by atoms with Crippen LogP contribution < -0.4 is 5.32 Å². The van der Waals surface area contributed by atoms with E-state index in [1.54, 1.807) is 19.2 Å². The van der Waals surface area contributed by atoms with Crippen LogP contribution in [0.5, 0.6) is 0 Å². The van der Waals surface area contributed by atoms with E-state index >= 15 is 0 Å². The zero-order chi connectivity index (χ0) is 15.2. The van der Waals surface area contributed by atoms with Gasteiger partial charge in [-0.2, -0.15) is 0 Å². The second-order valence-corrected chi connectivity index (χ2v) is 5.56. The van der Waals surface area contributed by atoms with Gasteiger partial charge in [0.05, 0.1) is 12.2 Å². The Morgan fingerprint density at radius 2 is 2.00 bits per heavy atom. The van der Waals surface area contributed by atoms with Crippen LogP contribution in [0, 0.1) is 5.92 Å². The first-order valence-corrected chi connectivity index (χ1v) is 7.24. The number of aromatic carboxylic acids is 1. The summed E-state index contributed by atoms with van der Waals surface area (Å²) in [6, 6.07) is 4.79. The first-order chi connectivity index (χ1) is 10.1. The van der Waals surface area contributed by atoms with Crippen LogP contribution in [0.3, 0.4) is 0 Å². The molecule has 1 aromatic carbocycles. The Morgan fingerprint density at radius 3 is 2.62 bits per heavy atom. The van der Waals surface area contributed by atoms with Crippen LogP contribution in [0.2, 0.25) is 0 Å². The molecule has 21 heavy (non-hydrogen) atoms. The summed E-state index contributed by atoms with van der Waals surface area (Å²) in [6.45, 7) is 0.312. The van der Waals surface area contributed by atoms with Crippen molar-refractivity contribution >= 4 is 17.6 Å². The van der Waals surface area contributed by atoms with E-state index in [9.17, 15) is 9.59 Å². The van der Waals surface area contributed by atoms with Gasteiger partial charge >= 0.3 is 5.97 Å². The smallest absolute Gasteiger partial charge is 0.335 e. The van der Waals surface area contributed by atoms with Crippen LogP contribution in [0.15, 0.2) is 18.2 Å². The van der Waals surface area contributed by atoms with E-state index in [1.165, 1.54) is 18.9 Å². The van der Waals surface area contributed by atoms with Gasteiger partial charge in [-0.15, -0.1) is 0 Å². The molecule has 1 saturated carbocycles. The predicted octanol–water partition coefficient (Wildman–Crippen LogP) is 3.05. The van der Waals surface area contributed by atoms with E-state index in [0.29, 0.717) is 24.6 Å². The number of carbonyl (C=O) groups is 2. The van der Waals surface area contributed by atoms with Crippen molar-refractivity contribution in [3.05, 3.63) is 29.3 Å². The molecular formula is C16H21NO4. The lowest BCUT2D eigenvalue weighted by atomic mass is 10.0. The van der Waals surface area contributed by atoms with Gasteiger partial charge in [0.1, 0.15) is 0 Å². The highest BCUT2D eigenvalue weighted by Crippen LogP contribution is 2.28. The molecule has 5 heteroatoms. The Labute approximate surface area is 124 Å². The number of carbonyl (C=O) groups excluding carboxylic acids is 1. The zero-order valence-corrected chi connectivity index (χ0v) is 12.2. The highest BCUT2D eigenvalue weighted by Gasteiger charge is 2.18. The Hall–Kier alpha value is -1.88. The maximum atomic E-state index is 12.0. The van der Waals surface area contributed by atoms with Gasteiger partial charge in [0.15, 0.2) is 0 Å². The van der Waals surface area contributed by atoms with Crippen LogP contribution in [-0.2, 0) is 16.1 Å². The molecule has 1 fully saturated rings. The van der Waals surface area contributed by atoms with Crippen molar-refractivity contribution in [2.75, 3.05) is 12.4 Å². The molecule has 0 aromatic heterocycles. The van der Waals surface area contributed by atoms with E-state index in [1.807, 2.05) is 0 Å². The number of ether oxygens (including phenoxy) is 1. The minimum atomic E-state index is -1.01. The molecule has 114 valence electrons. The van der Waals surface area contributed by atoms with Crippen LogP contribution >= 0.6 is 0 Å². The molecule has 0 atom stereocenters. The third-order valence-electron chi connectivity index (χ3n) is 3.78. The van der Waals surface area contributed by atoms with Crippen LogP contribution in [0.1, 0.15) is 48.0 Å². The van der Waals surface area contributed by atoms with Gasteiger partial charge < -0.3 is 15.2 Å². The van der Waals surface area contributed by atoms with Gasteiger partial charge in [-0.3, -0.25) is 4.79 Å². The molecule has 5 nitrogen and oxygen atoms in total. The van der Waals surface area contributed by atoms with Gasteiger partial charge in [-0.25, -0.2) is 4.79 Å². The van der Waals surface area contributed by atoms with Crippen LogP contribution in [0.25, 0.3) is 0 Å². The molecular weight excluding hydrogens is 270 g/mol. The molecule has 0 unspecified atom stereocenters. The Bertz CT molecular complexity index is 521. The van der Waals surface area contributed by atoms with Crippen LogP contribution in [0.4, 0.5) is 5.69 Å². The van der Waals surface area contributed by atoms with E-state index in [-0.39, 0.29) is 11.5 Å². The highest BCUT2D eigenvalue weighted by atomic mass is 16.5. The van der Waals surface area contributed by atoms with Gasteiger partial charge in [0, 0.05) is 19.2 Å². The van der Waals surface area contributed by atoms with Crippen LogP contribution in [-0.4, -0.2) is 24.1 Å². The fraction of sp³-hybridized carbons (Fsp3) is 0.500. The number of rotatable bonds is 6. The SMILES string of the molecule is COCc1cc(NC(=O)CC2CCCC2)cc(C(=O)O)c1. The lowest BCUT2D eigenvalue weighted by Gasteiger charge is -2.11. The van der Waals surface area contributed by atoms with Crippen molar-refractivity contribution in [1.82, 2.24) is 0 Å². The molecule has 0 heterocycles. The van der Waals surface area contributed by atoms with Gasteiger partial charge in [0.2, 0.25) is 5.91 Å². The number of nitrogens with one attached hydrogen (secondary N) is 1. The molecule has 0 spiro atoms. The molecule has 2 rings (SSSR count). The van der Waals surface area contributed by atoms with Gasteiger partial charge in [0.25, 0.3) is 0 Å². The number of amides is 1. The second-order valence-electron chi connectivity index (χ2n) is 5.56. The Kier molecular flexibility index (Phi) is 5.33. The molecule has 2 N–H and O–H groups in total. The van der Waals surface area contributed by atoms with E-state index < -0.39 is 5.97 Å². The number of carboxylic acid groups (broad SMARTS) is 1. The summed E-state index contributed by atoms with van der Waals surface area (Å²) < 4.78 is 5.02. The van der Waals surface area contributed by atoms with Crippen molar-refractivity contribution in [2.24, 2.45) is 5.92 Å². The lowest BCUT2D eigenvalue weighted by molar-refractivity contribution is -0.117. The number of carboxylic acids is 1. The lowest BCUT2D eigenvalue weighted by Crippen LogP contribution is -2.15. The monoisotopic (exact) mass is 291 g/mol. The summed E-state index contributed by atoms with van der Waals surface area (Å²) in [4.78, 5) is 23.1. The number of anilines is 1. The largest absolute Gasteiger partial charge is 0.478 e. The fourth-order valence-corrected chi connectivity index (χ4v) is 2.83. The zero-order valence-electron chi connectivity index (χ0n) is 12.2. The summed E-state index contributed by atoms with van der Waals surface area (Å²) in [7, 11) is 1.55. The van der Waals surface area contributed by atoms with Crippen molar-refractivity contribution in [1.29, 1.82) is 0 Å². The average Bonchev–Trinajstić information content (AvgIpc) is 2.91. The molecule has 1 aliphatic carbocycles. The maximum Gasteiger partial charge on any atom is 0.335 e. The third kappa shape index (κ3) is 4.56. The fourth-order valence-electron chi connectivity index (χ4n) is 2.83. The van der Waals surface area contributed by atoms with Crippen molar-refractivity contribution < 1.29 is 19.4 Å². The second kappa shape index (κ2) is 7.22. The average molecular weight is 291 g/mol. The van der Waals surface area contributed by atoms with E-state index in [2.05, 4.69) is 5.32 Å². The first-order valence-electron chi connectivity index (χ1n) is 7.24. The van der Waals surface area contributed by atoms with Gasteiger partial charge in [-0.1, -0.05) is 12.8 Å². The summed E-state index contributed by atoms with van der Waals surface area (Å²) in [5.74, 6) is -0.599. The summed E-state index contributed by atoms with van der Waals surface area (Å²) in [6.07, 6.45) is 5.13. The Morgan fingerprint density at radius 1 is 1.29 bits per heavy atom. The Balaban J connectivity index is 2.06. The molecule has 1 aromatic rings. The summed E-state index contributed by atoms with van der Waals surface area (Å²) in [5, 5.41) is 11.9. The van der Waals surface area contributed by atoms with E-state index in [0.717, 1.165) is 18.4 Å². The maximum absolute atomic E-state index is 12.0. The first kappa shape index (κ1) is 15.5. The highest BCUT2D eigenvalue weighted by molar-refractivity contribution is 5.94. The van der Waals surface area contributed by atoms with Crippen molar-refractivity contribution in [3.63, 3.8) is 0 Å². The number of hydrogen-bond acceptors (Lipinski definition) is 3. The molecule has 0 bridgehead atoms. The van der Waals surface area contributed by atoms with Gasteiger partial charge in [-0.05, 0) is 42.5 Å². The number of methoxy groups -OCH3 is 1. The predicted molar refractivity (Wildman–Crippen MR) is 79.3 cm³/mol. The van der Waals surface area contributed by atoms with Crippen molar-refractivity contribution in [3.8, 4) is 0 Å². The normalized spacial score (nSPS) is 15.1. The topological polar surface area (TPSA) is 75.6 Å². The standard InChI is InChI=1S/C16H21NO4/c1-21-10-12-6-13(16(19)20)9-14(7-12)17-15(18)8-11-4-2-3-5-11/h6-7,9,11H,2-5,8,10H2,1H3,(H,17,18)(H,19,20). The molecule has 0 saturated heterocycles. The molecule has 0 radical (unpaired) electrons. The molecule has 0 aliphatic heterocycles. The summed E-state index contributed by atoms with van der Waals surface area (Å²) >= 11 is 0. The molecule has 1 amide bonds. The number of hydrogen-bond donors (Lipinski definition) is 2. The van der Waals surface area contributed by atoms with E-state index in [4.69, 9.17) is 9.84 Å². The third-order valence-corrected chi connectivity index (χ3v) is 3.78. The minimum absolute atomic E-state index is 0.0483. The quantitative estimate of drug-likeness (QED) is 0.844. The molecule has 1 aliphatic rings.